The molecule has 1 aromatic heterocycles. The van der Waals surface area contributed by atoms with Crippen molar-refractivity contribution in [2.75, 3.05) is 32.8 Å². The van der Waals surface area contributed by atoms with E-state index < -0.39 is 6.10 Å². The molecule has 1 N–H and O–H groups in total. The van der Waals surface area contributed by atoms with Crippen molar-refractivity contribution in [3.8, 4) is 5.75 Å². The maximum absolute atomic E-state index is 12.4. The summed E-state index contributed by atoms with van der Waals surface area (Å²) < 4.78 is 13.1. The molecule has 1 atom stereocenters. The van der Waals surface area contributed by atoms with Gasteiger partial charge in [-0.05, 0) is 58.0 Å². The van der Waals surface area contributed by atoms with Gasteiger partial charge in [0.25, 0.3) is 0 Å². The average Bonchev–Trinajstić information content (AvgIpc) is 2.84. The van der Waals surface area contributed by atoms with Crippen molar-refractivity contribution < 1.29 is 19.4 Å². The number of likely N-dealkylation sites (tertiary alicyclic amines) is 1. The normalized spacial score (nSPS) is 16.7. The van der Waals surface area contributed by atoms with E-state index in [2.05, 4.69) is 4.90 Å². The van der Waals surface area contributed by atoms with Crippen LogP contribution in [0.5, 0.6) is 5.75 Å². The lowest BCUT2D eigenvalue weighted by molar-refractivity contribution is 0.0527. The predicted molar refractivity (Wildman–Crippen MR) is 110 cm³/mol. The maximum atomic E-state index is 12.4. The van der Waals surface area contributed by atoms with E-state index in [1.165, 1.54) is 25.7 Å². The number of hydrogen-bond acceptors (Lipinski definition) is 5. The van der Waals surface area contributed by atoms with Gasteiger partial charge in [0, 0.05) is 30.2 Å². The van der Waals surface area contributed by atoms with Crippen molar-refractivity contribution in [3.05, 3.63) is 29.5 Å². The summed E-state index contributed by atoms with van der Waals surface area (Å²) in [5.41, 5.74) is 2.40. The van der Waals surface area contributed by atoms with Crippen LogP contribution in [-0.4, -0.2) is 59.5 Å². The summed E-state index contributed by atoms with van der Waals surface area (Å²) in [6.45, 7) is 7.04. The van der Waals surface area contributed by atoms with Crippen molar-refractivity contribution in [1.82, 2.24) is 9.47 Å². The Labute approximate surface area is 167 Å². The zero-order valence-corrected chi connectivity index (χ0v) is 17.2. The Morgan fingerprint density at radius 1 is 1.21 bits per heavy atom. The molecule has 1 aliphatic rings. The number of aliphatic hydroxyl groups excluding tert-OH is 1. The molecule has 0 radical (unpaired) electrons. The van der Waals surface area contributed by atoms with Gasteiger partial charge in [0.1, 0.15) is 18.5 Å². The monoisotopic (exact) mass is 388 g/mol. The Balaban J connectivity index is 1.69. The molecular formula is C22H32N2O4. The third-order valence-electron chi connectivity index (χ3n) is 5.55. The number of hydrogen-bond donors (Lipinski definition) is 1. The van der Waals surface area contributed by atoms with Crippen molar-refractivity contribution >= 4 is 16.9 Å². The number of nitrogens with zero attached hydrogens (tertiary/aromatic N) is 2. The van der Waals surface area contributed by atoms with Gasteiger partial charge < -0.3 is 24.0 Å². The number of ether oxygens (including phenoxy) is 2. The zero-order valence-electron chi connectivity index (χ0n) is 17.2. The third-order valence-corrected chi connectivity index (χ3v) is 5.55. The molecule has 0 bridgehead atoms. The van der Waals surface area contributed by atoms with Gasteiger partial charge in [0.15, 0.2) is 0 Å². The SMILES string of the molecule is CCOC(=O)c1c(C)n(C)c2ccc(OC[C@H](O)CN3CCCCCC3)cc12. The first-order chi connectivity index (χ1) is 13.5. The summed E-state index contributed by atoms with van der Waals surface area (Å²) in [6, 6.07) is 5.70. The second-order valence-electron chi connectivity index (χ2n) is 7.60. The molecule has 0 aliphatic carbocycles. The van der Waals surface area contributed by atoms with Crippen LogP contribution in [0.3, 0.4) is 0 Å². The molecule has 2 heterocycles. The molecule has 28 heavy (non-hydrogen) atoms. The molecular weight excluding hydrogens is 356 g/mol. The fourth-order valence-electron chi connectivity index (χ4n) is 3.96. The quantitative estimate of drug-likeness (QED) is 0.738. The van der Waals surface area contributed by atoms with Crippen molar-refractivity contribution in [2.24, 2.45) is 7.05 Å². The molecule has 0 saturated carbocycles. The summed E-state index contributed by atoms with van der Waals surface area (Å²) in [4.78, 5) is 14.7. The molecule has 1 fully saturated rings. The number of β-amino-alcohol motifs (C(OH)–C–C–N with tert-alkyl or cyclic N) is 1. The topological polar surface area (TPSA) is 63.9 Å². The smallest absolute Gasteiger partial charge is 0.340 e. The van der Waals surface area contributed by atoms with E-state index in [-0.39, 0.29) is 12.6 Å². The number of rotatable bonds is 7. The Kier molecular flexibility index (Phi) is 6.97. The minimum atomic E-state index is -0.532. The lowest BCUT2D eigenvalue weighted by atomic mass is 10.1. The van der Waals surface area contributed by atoms with Gasteiger partial charge in [-0.15, -0.1) is 0 Å². The van der Waals surface area contributed by atoms with Crippen molar-refractivity contribution in [2.45, 2.75) is 45.6 Å². The highest BCUT2D eigenvalue weighted by molar-refractivity contribution is 6.06. The van der Waals surface area contributed by atoms with Gasteiger partial charge in [-0.25, -0.2) is 4.79 Å². The summed E-state index contributed by atoms with van der Waals surface area (Å²) >= 11 is 0. The maximum Gasteiger partial charge on any atom is 0.340 e. The first-order valence-corrected chi connectivity index (χ1v) is 10.3. The predicted octanol–water partition coefficient (Wildman–Crippen LogP) is 3.28. The summed E-state index contributed by atoms with van der Waals surface area (Å²) in [6.07, 6.45) is 4.43. The van der Waals surface area contributed by atoms with Crippen LogP contribution >= 0.6 is 0 Å². The van der Waals surface area contributed by atoms with Crippen LogP contribution in [0.1, 0.15) is 48.7 Å². The zero-order chi connectivity index (χ0) is 20.1. The number of fused-ring (bicyclic) bond motifs is 1. The Morgan fingerprint density at radius 2 is 1.93 bits per heavy atom. The van der Waals surface area contributed by atoms with E-state index in [0.29, 0.717) is 24.5 Å². The van der Waals surface area contributed by atoms with Gasteiger partial charge in [-0.3, -0.25) is 0 Å². The molecule has 0 spiro atoms. The summed E-state index contributed by atoms with van der Waals surface area (Å²) in [5, 5.41) is 11.2. The van der Waals surface area contributed by atoms with Crippen LogP contribution in [-0.2, 0) is 11.8 Å². The van der Waals surface area contributed by atoms with Gasteiger partial charge in [0.2, 0.25) is 0 Å². The highest BCUT2D eigenvalue weighted by atomic mass is 16.5. The molecule has 3 rings (SSSR count). The number of esters is 1. The van der Waals surface area contributed by atoms with Crippen LogP contribution in [0.2, 0.25) is 0 Å². The van der Waals surface area contributed by atoms with E-state index in [1.807, 2.05) is 36.7 Å². The molecule has 154 valence electrons. The van der Waals surface area contributed by atoms with Crippen LogP contribution in [0, 0.1) is 6.92 Å². The van der Waals surface area contributed by atoms with Gasteiger partial charge in [-0.2, -0.15) is 0 Å². The fourth-order valence-corrected chi connectivity index (χ4v) is 3.96. The lowest BCUT2D eigenvalue weighted by Gasteiger charge is -2.23. The van der Waals surface area contributed by atoms with E-state index in [9.17, 15) is 9.90 Å². The molecule has 2 aromatic rings. The van der Waals surface area contributed by atoms with E-state index in [4.69, 9.17) is 9.47 Å². The minimum absolute atomic E-state index is 0.239. The second kappa shape index (κ2) is 9.43. The second-order valence-corrected chi connectivity index (χ2v) is 7.60. The fraction of sp³-hybridized carbons (Fsp3) is 0.591. The molecule has 1 aliphatic heterocycles. The Morgan fingerprint density at radius 3 is 2.61 bits per heavy atom. The van der Waals surface area contributed by atoms with E-state index in [0.717, 1.165) is 29.7 Å². The van der Waals surface area contributed by atoms with Crippen LogP contribution in [0.25, 0.3) is 10.9 Å². The molecule has 0 amide bonds. The van der Waals surface area contributed by atoms with Crippen LogP contribution < -0.4 is 4.74 Å². The molecule has 6 nitrogen and oxygen atoms in total. The lowest BCUT2D eigenvalue weighted by Crippen LogP contribution is -2.36. The number of aliphatic hydroxyl groups is 1. The van der Waals surface area contributed by atoms with Crippen LogP contribution in [0.4, 0.5) is 0 Å². The largest absolute Gasteiger partial charge is 0.491 e. The number of benzene rings is 1. The highest BCUT2D eigenvalue weighted by Gasteiger charge is 2.20. The first-order valence-electron chi connectivity index (χ1n) is 10.3. The van der Waals surface area contributed by atoms with Crippen molar-refractivity contribution in [3.63, 3.8) is 0 Å². The summed E-state index contributed by atoms with van der Waals surface area (Å²) in [5.74, 6) is 0.336. The molecule has 1 aromatic carbocycles. The van der Waals surface area contributed by atoms with E-state index >= 15 is 0 Å². The standard InChI is InChI=1S/C22H32N2O4/c1-4-27-22(26)21-16(2)23(3)20-10-9-18(13-19(20)21)28-15-17(25)14-24-11-7-5-6-8-12-24/h9-10,13,17,25H,4-8,11-12,14-15H2,1-3H3/t17-/m1/s1. The first kappa shape index (κ1) is 20.7. The van der Waals surface area contributed by atoms with Crippen molar-refractivity contribution in [1.29, 1.82) is 0 Å². The highest BCUT2D eigenvalue weighted by Crippen LogP contribution is 2.29. The average molecular weight is 389 g/mol. The van der Waals surface area contributed by atoms with Gasteiger partial charge in [0.05, 0.1) is 12.2 Å². The number of aryl methyl sites for hydroxylation is 1. The number of carbonyl (C=O) groups excluding carboxylic acids is 1. The summed E-state index contributed by atoms with van der Waals surface area (Å²) in [7, 11) is 1.94. The number of aromatic nitrogens is 1. The third kappa shape index (κ3) is 4.67. The van der Waals surface area contributed by atoms with Crippen LogP contribution in [0.15, 0.2) is 18.2 Å². The van der Waals surface area contributed by atoms with Gasteiger partial charge >= 0.3 is 5.97 Å². The number of carbonyl (C=O) groups is 1. The minimum Gasteiger partial charge on any atom is -0.491 e. The molecule has 0 unspecified atom stereocenters. The van der Waals surface area contributed by atoms with Gasteiger partial charge in [-0.1, -0.05) is 12.8 Å². The Bertz CT molecular complexity index is 806. The van der Waals surface area contributed by atoms with E-state index in [1.54, 1.807) is 6.92 Å². The molecule has 1 saturated heterocycles. The molecule has 6 heteroatoms. The Hall–Kier alpha value is -2.05.